The van der Waals surface area contributed by atoms with E-state index in [-0.39, 0.29) is 0 Å². The molecule has 3 nitrogen and oxygen atoms in total. The largest absolute Gasteiger partial charge is 0.481 e. The van der Waals surface area contributed by atoms with Gasteiger partial charge >= 0.3 is 5.97 Å². The van der Waals surface area contributed by atoms with Crippen LogP contribution in [0.1, 0.15) is 123 Å². The second-order valence-corrected chi connectivity index (χ2v) is 7.69. The van der Waals surface area contributed by atoms with E-state index in [2.05, 4.69) is 13.8 Å². The molecule has 2 atom stereocenters. The van der Waals surface area contributed by atoms with Gasteiger partial charge in [0, 0.05) is 0 Å². The van der Waals surface area contributed by atoms with Gasteiger partial charge in [0.2, 0.25) is 0 Å². The zero-order chi connectivity index (χ0) is 18.8. The quantitative estimate of drug-likeness (QED) is 0.253. The van der Waals surface area contributed by atoms with Crippen molar-refractivity contribution in [2.24, 2.45) is 5.92 Å². The third kappa shape index (κ3) is 15.4. The fourth-order valence-corrected chi connectivity index (χ4v) is 3.49. The van der Waals surface area contributed by atoms with Gasteiger partial charge in [0.05, 0.1) is 12.0 Å². The molecule has 0 aromatic rings. The summed E-state index contributed by atoms with van der Waals surface area (Å²) in [5.41, 5.74) is 0. The van der Waals surface area contributed by atoms with E-state index in [4.69, 9.17) is 0 Å². The Balaban J connectivity index is 3.58. The average Bonchev–Trinajstić information content (AvgIpc) is 2.59. The first-order valence-electron chi connectivity index (χ1n) is 11.0. The number of hydrogen-bond donors (Lipinski definition) is 2. The summed E-state index contributed by atoms with van der Waals surface area (Å²) < 4.78 is 0. The highest BCUT2D eigenvalue weighted by Gasteiger charge is 2.25. The first-order chi connectivity index (χ1) is 12.1. The highest BCUT2D eigenvalue weighted by Crippen LogP contribution is 2.20. The molecule has 150 valence electrons. The third-order valence-electron chi connectivity index (χ3n) is 5.25. The number of carbonyl (C=O) groups is 1. The maximum absolute atomic E-state index is 11.3. The van der Waals surface area contributed by atoms with Crippen LogP contribution in [0, 0.1) is 5.92 Å². The van der Waals surface area contributed by atoms with Crippen LogP contribution in [-0.2, 0) is 4.79 Å². The van der Waals surface area contributed by atoms with E-state index in [1.165, 1.54) is 57.8 Å². The summed E-state index contributed by atoms with van der Waals surface area (Å²) in [7, 11) is 0. The maximum Gasteiger partial charge on any atom is 0.309 e. The van der Waals surface area contributed by atoms with Crippen LogP contribution in [0.4, 0.5) is 0 Å². The zero-order valence-electron chi connectivity index (χ0n) is 17.0. The van der Waals surface area contributed by atoms with E-state index >= 15 is 0 Å². The average molecular weight is 357 g/mol. The number of carboxylic acid groups (broad SMARTS) is 1. The number of aliphatic carboxylic acids is 1. The minimum absolute atomic E-state index is 0.569. The summed E-state index contributed by atoms with van der Waals surface area (Å²) in [4.78, 5) is 11.3. The minimum Gasteiger partial charge on any atom is -0.481 e. The van der Waals surface area contributed by atoms with E-state index in [1.54, 1.807) is 0 Å². The van der Waals surface area contributed by atoms with Crippen molar-refractivity contribution in [2.45, 2.75) is 129 Å². The topological polar surface area (TPSA) is 57.5 Å². The van der Waals surface area contributed by atoms with Crippen molar-refractivity contribution in [3.8, 4) is 0 Å². The molecule has 0 heterocycles. The van der Waals surface area contributed by atoms with Gasteiger partial charge in [-0.05, 0) is 12.8 Å². The number of carboxylic acids is 1. The lowest BCUT2D eigenvalue weighted by Crippen LogP contribution is -2.28. The molecule has 0 spiro atoms. The lowest BCUT2D eigenvalue weighted by Gasteiger charge is -2.19. The van der Waals surface area contributed by atoms with Crippen LogP contribution >= 0.6 is 0 Å². The minimum atomic E-state index is -0.827. The van der Waals surface area contributed by atoms with Crippen molar-refractivity contribution in [3.05, 3.63) is 0 Å². The Morgan fingerprint density at radius 1 is 0.640 bits per heavy atom. The monoisotopic (exact) mass is 356 g/mol. The van der Waals surface area contributed by atoms with Crippen LogP contribution in [0.2, 0.25) is 0 Å². The number of hydrogen-bond acceptors (Lipinski definition) is 2. The van der Waals surface area contributed by atoms with Crippen molar-refractivity contribution >= 4 is 5.97 Å². The first kappa shape index (κ1) is 24.4. The van der Waals surface area contributed by atoms with Crippen LogP contribution in [0.15, 0.2) is 0 Å². The molecule has 25 heavy (non-hydrogen) atoms. The Labute approximate surface area is 156 Å². The third-order valence-corrected chi connectivity index (χ3v) is 5.25. The molecular weight excluding hydrogens is 312 g/mol. The first-order valence-corrected chi connectivity index (χ1v) is 11.0. The summed E-state index contributed by atoms with van der Waals surface area (Å²) >= 11 is 0. The van der Waals surface area contributed by atoms with Crippen LogP contribution in [0.5, 0.6) is 0 Å². The van der Waals surface area contributed by atoms with Crippen molar-refractivity contribution < 1.29 is 15.0 Å². The lowest BCUT2D eigenvalue weighted by atomic mass is 9.91. The van der Waals surface area contributed by atoms with Gasteiger partial charge in [-0.1, -0.05) is 110 Å². The second-order valence-electron chi connectivity index (χ2n) is 7.69. The number of rotatable bonds is 19. The molecule has 0 aromatic heterocycles. The summed E-state index contributed by atoms with van der Waals surface area (Å²) in [6.45, 7) is 4.40. The molecule has 0 saturated heterocycles. The molecule has 0 rings (SSSR count). The lowest BCUT2D eigenvalue weighted by molar-refractivity contribution is -0.146. The smallest absolute Gasteiger partial charge is 0.309 e. The molecule has 2 unspecified atom stereocenters. The van der Waals surface area contributed by atoms with Crippen molar-refractivity contribution in [3.63, 3.8) is 0 Å². The van der Waals surface area contributed by atoms with Crippen molar-refractivity contribution in [1.29, 1.82) is 0 Å². The second kappa shape index (κ2) is 18.2. The van der Waals surface area contributed by atoms with E-state index in [1.807, 2.05) is 0 Å². The van der Waals surface area contributed by atoms with Gasteiger partial charge in [0.1, 0.15) is 0 Å². The number of aliphatic hydroxyl groups excluding tert-OH is 1. The van der Waals surface area contributed by atoms with Gasteiger partial charge in [-0.25, -0.2) is 0 Å². The SMILES string of the molecule is CCCCCCCCCCCCCC(O)C(CCCCCC)C(=O)O. The predicted molar refractivity (Wildman–Crippen MR) is 107 cm³/mol. The summed E-state index contributed by atoms with van der Waals surface area (Å²) in [5, 5.41) is 19.5. The fourth-order valence-electron chi connectivity index (χ4n) is 3.49. The Morgan fingerprint density at radius 2 is 1.00 bits per heavy atom. The van der Waals surface area contributed by atoms with Gasteiger partial charge < -0.3 is 10.2 Å². The predicted octanol–water partition coefficient (Wildman–Crippen LogP) is 6.72. The van der Waals surface area contributed by atoms with Crippen molar-refractivity contribution in [1.82, 2.24) is 0 Å². The van der Waals surface area contributed by atoms with Crippen LogP contribution in [-0.4, -0.2) is 22.3 Å². The van der Waals surface area contributed by atoms with Crippen LogP contribution < -0.4 is 0 Å². The fraction of sp³-hybridized carbons (Fsp3) is 0.955. The van der Waals surface area contributed by atoms with Gasteiger partial charge in [0.15, 0.2) is 0 Å². The van der Waals surface area contributed by atoms with E-state index in [0.29, 0.717) is 12.8 Å². The highest BCUT2D eigenvalue weighted by atomic mass is 16.4. The Hall–Kier alpha value is -0.570. The molecule has 2 N–H and O–H groups in total. The van der Waals surface area contributed by atoms with Gasteiger partial charge in [0.25, 0.3) is 0 Å². The Morgan fingerprint density at radius 3 is 1.44 bits per heavy atom. The van der Waals surface area contributed by atoms with Gasteiger partial charge in [-0.2, -0.15) is 0 Å². The van der Waals surface area contributed by atoms with Crippen LogP contribution in [0.3, 0.4) is 0 Å². The number of unbranched alkanes of at least 4 members (excludes halogenated alkanes) is 13. The number of aliphatic hydroxyl groups is 1. The molecule has 0 fully saturated rings. The molecule has 0 radical (unpaired) electrons. The Bertz CT molecular complexity index is 291. The molecule has 0 bridgehead atoms. The normalized spacial score (nSPS) is 13.7. The summed E-state index contributed by atoms with van der Waals surface area (Å²) in [5.74, 6) is -1.40. The van der Waals surface area contributed by atoms with Gasteiger partial charge in [-0.3, -0.25) is 4.79 Å². The van der Waals surface area contributed by atoms with E-state index in [0.717, 1.165) is 38.5 Å². The standard InChI is InChI=1S/C22H44O3/c1-3-5-7-9-10-11-12-13-14-15-17-19-21(23)20(22(24)25)18-16-8-6-4-2/h20-21,23H,3-19H2,1-2H3,(H,24,25). The highest BCUT2D eigenvalue weighted by molar-refractivity contribution is 5.70. The molecule has 0 aliphatic rings. The molecule has 0 aromatic carbocycles. The van der Waals surface area contributed by atoms with E-state index < -0.39 is 18.0 Å². The maximum atomic E-state index is 11.3. The van der Waals surface area contributed by atoms with Crippen LogP contribution in [0.25, 0.3) is 0 Å². The molecular formula is C22H44O3. The van der Waals surface area contributed by atoms with E-state index in [9.17, 15) is 15.0 Å². The molecule has 0 saturated carbocycles. The summed E-state index contributed by atoms with van der Waals surface area (Å²) in [6.07, 6.45) is 19.0. The summed E-state index contributed by atoms with van der Waals surface area (Å²) in [6, 6.07) is 0. The molecule has 3 heteroatoms. The zero-order valence-corrected chi connectivity index (χ0v) is 17.0. The molecule has 0 amide bonds. The van der Waals surface area contributed by atoms with Gasteiger partial charge in [-0.15, -0.1) is 0 Å². The molecule has 0 aliphatic heterocycles. The molecule has 0 aliphatic carbocycles. The van der Waals surface area contributed by atoms with Crippen molar-refractivity contribution in [2.75, 3.05) is 0 Å². The Kier molecular flexibility index (Phi) is 17.8.